The maximum absolute atomic E-state index is 11.9. The van der Waals surface area contributed by atoms with Crippen molar-refractivity contribution in [1.29, 1.82) is 0 Å². The first-order valence-corrected chi connectivity index (χ1v) is 5.67. The Morgan fingerprint density at radius 3 is 2.94 bits per heavy atom. The van der Waals surface area contributed by atoms with E-state index in [0.29, 0.717) is 23.7 Å². The quantitative estimate of drug-likeness (QED) is 0.772. The first kappa shape index (κ1) is 12.0. The van der Waals surface area contributed by atoms with Gasteiger partial charge in [-0.25, -0.2) is 0 Å². The van der Waals surface area contributed by atoms with Gasteiger partial charge in [-0.1, -0.05) is 6.07 Å². The van der Waals surface area contributed by atoms with E-state index in [1.807, 2.05) is 19.1 Å². The van der Waals surface area contributed by atoms with Crippen molar-refractivity contribution in [1.82, 2.24) is 4.98 Å². The number of rotatable bonds is 4. The minimum Gasteiger partial charge on any atom is -0.494 e. The molecule has 0 radical (unpaired) electrons. The van der Waals surface area contributed by atoms with E-state index in [2.05, 4.69) is 10.3 Å². The highest BCUT2D eigenvalue weighted by atomic mass is 16.5. The normalized spacial score (nSPS) is 10.1. The lowest BCUT2D eigenvalue weighted by atomic mass is 10.3. The Morgan fingerprint density at radius 2 is 2.28 bits per heavy atom. The minimum atomic E-state index is -0.236. The number of hydrogen-bond donors (Lipinski definition) is 3. The van der Waals surface area contributed by atoms with Crippen molar-refractivity contribution in [3.63, 3.8) is 0 Å². The molecule has 94 valence electrons. The van der Waals surface area contributed by atoms with Gasteiger partial charge >= 0.3 is 0 Å². The Balaban J connectivity index is 2.09. The summed E-state index contributed by atoms with van der Waals surface area (Å²) in [6, 6.07) is 8.82. The number of anilines is 2. The summed E-state index contributed by atoms with van der Waals surface area (Å²) in [7, 11) is 0. The number of aromatic amines is 1. The van der Waals surface area contributed by atoms with Crippen LogP contribution in [-0.2, 0) is 0 Å². The van der Waals surface area contributed by atoms with E-state index < -0.39 is 0 Å². The molecule has 0 saturated heterocycles. The fraction of sp³-hybridized carbons (Fsp3) is 0.154. The summed E-state index contributed by atoms with van der Waals surface area (Å²) in [4.78, 5) is 14.7. The lowest BCUT2D eigenvalue weighted by Gasteiger charge is -2.07. The van der Waals surface area contributed by atoms with Crippen LogP contribution in [0.5, 0.6) is 5.75 Å². The van der Waals surface area contributed by atoms with Crippen molar-refractivity contribution < 1.29 is 9.53 Å². The third-order valence-corrected chi connectivity index (χ3v) is 2.35. The van der Waals surface area contributed by atoms with Crippen molar-refractivity contribution in [2.24, 2.45) is 0 Å². The summed E-state index contributed by atoms with van der Waals surface area (Å²) >= 11 is 0. The zero-order valence-electron chi connectivity index (χ0n) is 10.1. The molecule has 1 heterocycles. The van der Waals surface area contributed by atoms with Gasteiger partial charge in [-0.05, 0) is 25.1 Å². The van der Waals surface area contributed by atoms with E-state index in [4.69, 9.17) is 10.5 Å². The Hall–Kier alpha value is -2.43. The van der Waals surface area contributed by atoms with Crippen molar-refractivity contribution >= 4 is 17.3 Å². The first-order chi connectivity index (χ1) is 8.69. The predicted octanol–water partition coefficient (Wildman–Crippen LogP) is 2.25. The van der Waals surface area contributed by atoms with Crippen LogP contribution in [0.4, 0.5) is 11.4 Å². The zero-order valence-corrected chi connectivity index (χ0v) is 10.1. The highest BCUT2D eigenvalue weighted by Crippen LogP contribution is 2.18. The second-order valence-corrected chi connectivity index (χ2v) is 3.76. The van der Waals surface area contributed by atoms with E-state index in [1.54, 1.807) is 24.4 Å². The molecule has 1 aromatic heterocycles. The van der Waals surface area contributed by atoms with Crippen LogP contribution < -0.4 is 15.8 Å². The van der Waals surface area contributed by atoms with Crippen molar-refractivity contribution in [2.75, 3.05) is 17.7 Å². The SMILES string of the molecule is CCOc1cccc(NC(=O)c2cc(N)c[nH]2)c1. The number of amides is 1. The molecule has 2 rings (SSSR count). The first-order valence-electron chi connectivity index (χ1n) is 5.67. The average Bonchev–Trinajstić information content (AvgIpc) is 2.77. The number of nitrogens with two attached hydrogens (primary N) is 1. The molecule has 0 aliphatic carbocycles. The van der Waals surface area contributed by atoms with Gasteiger partial charge in [-0.15, -0.1) is 0 Å². The van der Waals surface area contributed by atoms with Gasteiger partial charge in [0, 0.05) is 23.6 Å². The molecule has 1 amide bonds. The maximum atomic E-state index is 11.9. The van der Waals surface area contributed by atoms with E-state index in [-0.39, 0.29) is 5.91 Å². The van der Waals surface area contributed by atoms with Crippen molar-refractivity contribution in [2.45, 2.75) is 6.92 Å². The van der Waals surface area contributed by atoms with Gasteiger partial charge in [-0.2, -0.15) is 0 Å². The highest BCUT2D eigenvalue weighted by Gasteiger charge is 2.08. The summed E-state index contributed by atoms with van der Waals surface area (Å²) in [5.74, 6) is 0.488. The molecule has 0 atom stereocenters. The smallest absolute Gasteiger partial charge is 0.272 e. The standard InChI is InChI=1S/C13H15N3O2/c1-2-18-11-5-3-4-10(7-11)16-13(17)12-6-9(14)8-15-12/h3-8,15H,2,14H2,1H3,(H,16,17). The molecule has 1 aromatic carbocycles. The Bertz CT molecular complexity index is 549. The maximum Gasteiger partial charge on any atom is 0.272 e. The number of hydrogen-bond acceptors (Lipinski definition) is 3. The fourth-order valence-electron chi connectivity index (χ4n) is 1.57. The third-order valence-electron chi connectivity index (χ3n) is 2.35. The number of nitrogen functional groups attached to an aromatic ring is 1. The molecule has 2 aromatic rings. The van der Waals surface area contributed by atoms with Crippen LogP contribution in [0.1, 0.15) is 17.4 Å². The molecule has 5 heteroatoms. The van der Waals surface area contributed by atoms with Crippen molar-refractivity contribution in [3.05, 3.63) is 42.2 Å². The van der Waals surface area contributed by atoms with Gasteiger partial charge < -0.3 is 20.8 Å². The van der Waals surface area contributed by atoms with Crippen LogP contribution >= 0.6 is 0 Å². The fourth-order valence-corrected chi connectivity index (χ4v) is 1.57. The van der Waals surface area contributed by atoms with Gasteiger partial charge in [0.1, 0.15) is 11.4 Å². The van der Waals surface area contributed by atoms with Crippen LogP contribution in [0.25, 0.3) is 0 Å². The zero-order chi connectivity index (χ0) is 13.0. The number of carbonyl (C=O) groups is 1. The monoisotopic (exact) mass is 245 g/mol. The molecule has 5 nitrogen and oxygen atoms in total. The summed E-state index contributed by atoms with van der Waals surface area (Å²) < 4.78 is 5.36. The number of benzene rings is 1. The number of nitrogens with one attached hydrogen (secondary N) is 2. The summed E-state index contributed by atoms with van der Waals surface area (Å²) in [5, 5.41) is 2.76. The van der Waals surface area contributed by atoms with E-state index in [1.165, 1.54) is 0 Å². The van der Waals surface area contributed by atoms with Crippen LogP contribution in [-0.4, -0.2) is 17.5 Å². The molecule has 0 unspecified atom stereocenters. The van der Waals surface area contributed by atoms with Gasteiger partial charge in [-0.3, -0.25) is 4.79 Å². The Kier molecular flexibility index (Phi) is 3.52. The lowest BCUT2D eigenvalue weighted by molar-refractivity contribution is 0.102. The molecule has 0 fully saturated rings. The second kappa shape index (κ2) is 5.27. The summed E-state index contributed by atoms with van der Waals surface area (Å²) in [6.07, 6.45) is 1.57. The molecule has 0 spiro atoms. The highest BCUT2D eigenvalue weighted by molar-refractivity contribution is 6.03. The van der Waals surface area contributed by atoms with E-state index >= 15 is 0 Å². The number of H-pyrrole nitrogens is 1. The van der Waals surface area contributed by atoms with Crippen LogP contribution in [0.3, 0.4) is 0 Å². The number of ether oxygens (including phenoxy) is 1. The second-order valence-electron chi connectivity index (χ2n) is 3.76. The summed E-state index contributed by atoms with van der Waals surface area (Å²) in [5.41, 5.74) is 7.18. The van der Waals surface area contributed by atoms with Crippen molar-refractivity contribution in [3.8, 4) is 5.75 Å². The van der Waals surface area contributed by atoms with Crippen LogP contribution in [0.15, 0.2) is 36.5 Å². The van der Waals surface area contributed by atoms with Gasteiger partial charge in [0.15, 0.2) is 0 Å². The molecule has 0 saturated carbocycles. The van der Waals surface area contributed by atoms with Crippen LogP contribution in [0.2, 0.25) is 0 Å². The van der Waals surface area contributed by atoms with Gasteiger partial charge in [0.25, 0.3) is 5.91 Å². The van der Waals surface area contributed by atoms with E-state index in [0.717, 1.165) is 5.75 Å². The van der Waals surface area contributed by atoms with E-state index in [9.17, 15) is 4.79 Å². The Morgan fingerprint density at radius 1 is 1.44 bits per heavy atom. The summed E-state index contributed by atoms with van der Waals surface area (Å²) in [6.45, 7) is 2.50. The molecule has 0 bridgehead atoms. The third kappa shape index (κ3) is 2.82. The molecular weight excluding hydrogens is 230 g/mol. The molecule has 0 aliphatic heterocycles. The number of aromatic nitrogens is 1. The molecule has 0 aliphatic rings. The molecule has 18 heavy (non-hydrogen) atoms. The predicted molar refractivity (Wildman–Crippen MR) is 70.8 cm³/mol. The minimum absolute atomic E-state index is 0.236. The topological polar surface area (TPSA) is 80.1 Å². The Labute approximate surface area is 105 Å². The van der Waals surface area contributed by atoms with Gasteiger partial charge in [0.2, 0.25) is 0 Å². The molecule has 4 N–H and O–H groups in total. The largest absolute Gasteiger partial charge is 0.494 e. The molecular formula is C13H15N3O2. The van der Waals surface area contributed by atoms with Crippen LogP contribution in [0, 0.1) is 0 Å². The lowest BCUT2D eigenvalue weighted by Crippen LogP contribution is -2.12. The van der Waals surface area contributed by atoms with Gasteiger partial charge in [0.05, 0.1) is 6.61 Å². The average molecular weight is 245 g/mol. The number of carbonyl (C=O) groups excluding carboxylic acids is 1.